The molecule has 0 aromatic heterocycles. The van der Waals surface area contributed by atoms with E-state index in [1.807, 2.05) is 0 Å². The Hall–Kier alpha value is -3.10. The number of rotatable bonds is 2. The first-order chi connectivity index (χ1) is 12.9. The third kappa shape index (κ3) is 5.70. The van der Waals surface area contributed by atoms with E-state index in [9.17, 15) is 19.2 Å². The Kier molecular flexibility index (Phi) is 7.16. The van der Waals surface area contributed by atoms with Gasteiger partial charge in [0.25, 0.3) is 5.91 Å². The monoisotopic (exact) mass is 377 g/mol. The number of methoxy groups -OCH3 is 2. The van der Waals surface area contributed by atoms with Crippen LogP contribution in [0.3, 0.4) is 0 Å². The van der Waals surface area contributed by atoms with Gasteiger partial charge in [0.15, 0.2) is 0 Å². The number of esters is 1. The molecule has 3 N–H and O–H groups in total. The lowest BCUT2D eigenvalue weighted by Gasteiger charge is -2.19. The molecule has 0 aliphatic carbocycles. The standard InChI is InChI=1S/C18H23N3O6/c1-26-17(24)13-6-4-3-5-7-15(22)20-14-10-11(19-18(25)27-2)8-9-12(14)16(23)21-13/h8-10,13H,3-7H2,1-2H3,(H,19,25)(H,20,22)(H,21,23). The summed E-state index contributed by atoms with van der Waals surface area (Å²) in [5.41, 5.74) is 0.758. The van der Waals surface area contributed by atoms with E-state index < -0.39 is 24.0 Å². The van der Waals surface area contributed by atoms with Crippen LogP contribution in [0.2, 0.25) is 0 Å². The Morgan fingerprint density at radius 3 is 2.59 bits per heavy atom. The van der Waals surface area contributed by atoms with Crippen molar-refractivity contribution in [2.45, 2.75) is 38.1 Å². The Balaban J connectivity index is 2.34. The maximum absolute atomic E-state index is 12.7. The second-order valence-electron chi connectivity index (χ2n) is 6.07. The zero-order chi connectivity index (χ0) is 19.8. The third-order valence-corrected chi connectivity index (χ3v) is 4.16. The van der Waals surface area contributed by atoms with Gasteiger partial charge in [-0.3, -0.25) is 14.9 Å². The van der Waals surface area contributed by atoms with Crippen molar-refractivity contribution in [3.05, 3.63) is 23.8 Å². The predicted molar refractivity (Wildman–Crippen MR) is 97.5 cm³/mol. The molecule has 146 valence electrons. The SMILES string of the molecule is COC(=O)Nc1ccc2c(c1)NC(=O)CCCCCC(C(=O)OC)NC2=O. The van der Waals surface area contributed by atoms with Gasteiger partial charge in [0, 0.05) is 12.1 Å². The highest BCUT2D eigenvalue weighted by Crippen LogP contribution is 2.23. The Labute approximate surface area is 156 Å². The summed E-state index contributed by atoms with van der Waals surface area (Å²) in [5, 5.41) is 7.82. The van der Waals surface area contributed by atoms with Crippen LogP contribution in [-0.2, 0) is 19.1 Å². The van der Waals surface area contributed by atoms with Gasteiger partial charge in [0.05, 0.1) is 25.5 Å². The summed E-state index contributed by atoms with van der Waals surface area (Å²) in [7, 11) is 2.49. The maximum atomic E-state index is 12.7. The van der Waals surface area contributed by atoms with Crippen LogP contribution in [0.1, 0.15) is 42.5 Å². The van der Waals surface area contributed by atoms with Crippen LogP contribution in [0.15, 0.2) is 18.2 Å². The Bertz CT molecular complexity index is 734. The van der Waals surface area contributed by atoms with E-state index in [-0.39, 0.29) is 17.2 Å². The molecule has 0 fully saturated rings. The van der Waals surface area contributed by atoms with Crippen LogP contribution in [0.5, 0.6) is 0 Å². The highest BCUT2D eigenvalue weighted by Gasteiger charge is 2.24. The molecule has 3 amide bonds. The molecule has 0 saturated carbocycles. The van der Waals surface area contributed by atoms with Crippen molar-refractivity contribution >= 4 is 35.3 Å². The molecule has 0 bridgehead atoms. The summed E-state index contributed by atoms with van der Waals surface area (Å²) in [6, 6.07) is 3.65. The first-order valence-electron chi connectivity index (χ1n) is 8.62. The van der Waals surface area contributed by atoms with Crippen molar-refractivity contribution in [1.82, 2.24) is 5.32 Å². The van der Waals surface area contributed by atoms with E-state index in [1.165, 1.54) is 32.4 Å². The van der Waals surface area contributed by atoms with Crippen molar-refractivity contribution in [3.63, 3.8) is 0 Å². The van der Waals surface area contributed by atoms with Crippen molar-refractivity contribution in [2.24, 2.45) is 0 Å². The van der Waals surface area contributed by atoms with Gasteiger partial charge >= 0.3 is 12.1 Å². The van der Waals surface area contributed by atoms with E-state index >= 15 is 0 Å². The van der Waals surface area contributed by atoms with Gasteiger partial charge in [-0.2, -0.15) is 0 Å². The zero-order valence-corrected chi connectivity index (χ0v) is 15.3. The highest BCUT2D eigenvalue weighted by molar-refractivity contribution is 6.06. The predicted octanol–water partition coefficient (Wildman–Crippen LogP) is 2.04. The van der Waals surface area contributed by atoms with Crippen LogP contribution in [0, 0.1) is 0 Å². The van der Waals surface area contributed by atoms with Gasteiger partial charge in [0.2, 0.25) is 5.91 Å². The number of ether oxygens (including phenoxy) is 2. The highest BCUT2D eigenvalue weighted by atomic mass is 16.5. The molecule has 0 saturated heterocycles. The second kappa shape index (κ2) is 9.56. The lowest BCUT2D eigenvalue weighted by atomic mass is 10.0. The fourth-order valence-electron chi connectivity index (χ4n) is 2.74. The van der Waals surface area contributed by atoms with Gasteiger partial charge < -0.3 is 20.1 Å². The molecule has 9 nitrogen and oxygen atoms in total. The molecule has 1 aromatic carbocycles. The van der Waals surface area contributed by atoms with Crippen LogP contribution in [0.4, 0.5) is 16.2 Å². The van der Waals surface area contributed by atoms with E-state index in [2.05, 4.69) is 20.7 Å². The lowest BCUT2D eigenvalue weighted by Crippen LogP contribution is -2.42. The number of benzene rings is 1. The number of nitrogens with one attached hydrogen (secondary N) is 3. The molecular weight excluding hydrogens is 354 g/mol. The first-order valence-corrected chi connectivity index (χ1v) is 8.62. The molecule has 1 unspecified atom stereocenters. The molecule has 2 rings (SSSR count). The molecule has 1 atom stereocenters. The normalized spacial score (nSPS) is 17.9. The van der Waals surface area contributed by atoms with Crippen LogP contribution >= 0.6 is 0 Å². The molecule has 9 heteroatoms. The number of hydrogen-bond acceptors (Lipinski definition) is 6. The molecule has 1 heterocycles. The summed E-state index contributed by atoms with van der Waals surface area (Å²) >= 11 is 0. The fourth-order valence-corrected chi connectivity index (χ4v) is 2.74. The van der Waals surface area contributed by atoms with Crippen molar-refractivity contribution in [1.29, 1.82) is 0 Å². The maximum Gasteiger partial charge on any atom is 0.411 e. The molecule has 0 spiro atoms. The number of carbonyl (C=O) groups excluding carboxylic acids is 4. The number of hydrogen-bond donors (Lipinski definition) is 3. The minimum Gasteiger partial charge on any atom is -0.467 e. The fraction of sp³-hybridized carbons (Fsp3) is 0.444. The quantitative estimate of drug-likeness (QED) is 0.678. The summed E-state index contributed by atoms with van der Waals surface area (Å²) in [6.07, 6.45) is 2.12. The van der Waals surface area contributed by atoms with Gasteiger partial charge in [-0.25, -0.2) is 9.59 Å². The van der Waals surface area contributed by atoms with E-state index in [0.717, 1.165) is 6.42 Å². The van der Waals surface area contributed by atoms with Gasteiger partial charge in [-0.1, -0.05) is 12.8 Å². The van der Waals surface area contributed by atoms with Crippen molar-refractivity contribution < 1.29 is 28.7 Å². The topological polar surface area (TPSA) is 123 Å². The number of fused-ring (bicyclic) bond motifs is 1. The van der Waals surface area contributed by atoms with E-state index in [1.54, 1.807) is 0 Å². The minimum absolute atomic E-state index is 0.174. The minimum atomic E-state index is -0.765. The lowest BCUT2D eigenvalue weighted by molar-refractivity contribution is -0.143. The summed E-state index contributed by atoms with van der Waals surface area (Å²) in [4.78, 5) is 48.1. The van der Waals surface area contributed by atoms with Crippen LogP contribution in [0.25, 0.3) is 0 Å². The molecule has 1 aromatic rings. The average molecular weight is 377 g/mol. The Morgan fingerprint density at radius 1 is 1.11 bits per heavy atom. The smallest absolute Gasteiger partial charge is 0.411 e. The summed E-state index contributed by atoms with van der Waals surface area (Å²) in [5.74, 6) is -1.27. The van der Waals surface area contributed by atoms with Crippen LogP contribution in [-0.4, -0.2) is 44.1 Å². The average Bonchev–Trinajstić information content (AvgIpc) is 2.65. The third-order valence-electron chi connectivity index (χ3n) is 4.16. The van der Waals surface area contributed by atoms with Gasteiger partial charge in [-0.15, -0.1) is 0 Å². The Morgan fingerprint density at radius 2 is 1.89 bits per heavy atom. The van der Waals surface area contributed by atoms with E-state index in [4.69, 9.17) is 4.74 Å². The second-order valence-corrected chi connectivity index (χ2v) is 6.07. The molecule has 1 aliphatic rings. The number of carbonyl (C=O) groups is 4. The summed E-state index contributed by atoms with van der Waals surface area (Å²) < 4.78 is 9.29. The molecule has 0 radical (unpaired) electrons. The largest absolute Gasteiger partial charge is 0.467 e. The molecular formula is C18H23N3O6. The van der Waals surface area contributed by atoms with E-state index in [0.29, 0.717) is 31.4 Å². The molecule has 27 heavy (non-hydrogen) atoms. The van der Waals surface area contributed by atoms with Gasteiger partial charge in [0.1, 0.15) is 6.04 Å². The van der Waals surface area contributed by atoms with Crippen molar-refractivity contribution in [3.8, 4) is 0 Å². The molecule has 1 aliphatic heterocycles. The number of anilines is 2. The first kappa shape index (κ1) is 20.2. The summed E-state index contributed by atoms with van der Waals surface area (Å²) in [6.45, 7) is 0. The van der Waals surface area contributed by atoms with Crippen LogP contribution < -0.4 is 16.0 Å². The van der Waals surface area contributed by atoms with Gasteiger partial charge in [-0.05, 0) is 31.0 Å². The zero-order valence-electron chi connectivity index (χ0n) is 15.3. The number of amides is 3. The van der Waals surface area contributed by atoms with Crippen molar-refractivity contribution in [2.75, 3.05) is 24.9 Å².